The quantitative estimate of drug-likeness (QED) is 0.857. The summed E-state index contributed by atoms with van der Waals surface area (Å²) in [5.74, 6) is 0. The Labute approximate surface area is 116 Å². The third kappa shape index (κ3) is 4.30. The van der Waals surface area contributed by atoms with Crippen molar-refractivity contribution in [1.82, 2.24) is 5.32 Å². The van der Waals surface area contributed by atoms with Crippen LogP contribution in [0.15, 0.2) is 24.3 Å². The normalized spacial score (nSPS) is 25.2. The first-order chi connectivity index (χ1) is 9.19. The van der Waals surface area contributed by atoms with E-state index < -0.39 is 6.10 Å². The van der Waals surface area contributed by atoms with Crippen molar-refractivity contribution in [3.63, 3.8) is 0 Å². The van der Waals surface area contributed by atoms with Crippen molar-refractivity contribution in [2.45, 2.75) is 51.3 Å². The maximum atomic E-state index is 10.3. The summed E-state index contributed by atoms with van der Waals surface area (Å²) in [6.45, 7) is 5.74. The predicted molar refractivity (Wildman–Crippen MR) is 77.2 cm³/mol. The molecular formula is C16H25NO2. The van der Waals surface area contributed by atoms with E-state index in [0.29, 0.717) is 19.1 Å². The molecule has 3 heteroatoms. The maximum Gasteiger partial charge on any atom is 0.0805 e. The van der Waals surface area contributed by atoms with E-state index in [-0.39, 0.29) is 6.04 Å². The van der Waals surface area contributed by atoms with Crippen LogP contribution in [0.2, 0.25) is 0 Å². The smallest absolute Gasteiger partial charge is 0.0805 e. The van der Waals surface area contributed by atoms with Gasteiger partial charge >= 0.3 is 0 Å². The lowest BCUT2D eigenvalue weighted by Crippen LogP contribution is -2.47. The van der Waals surface area contributed by atoms with Crippen LogP contribution in [0.4, 0.5) is 0 Å². The lowest BCUT2D eigenvalue weighted by molar-refractivity contribution is 0.0304. The van der Waals surface area contributed by atoms with Gasteiger partial charge in [0.15, 0.2) is 0 Å². The molecule has 3 nitrogen and oxygen atoms in total. The molecule has 0 bridgehead atoms. The number of nitrogens with one attached hydrogen (secondary N) is 1. The maximum absolute atomic E-state index is 10.3. The van der Waals surface area contributed by atoms with Crippen LogP contribution in [0, 0.1) is 0 Å². The minimum absolute atomic E-state index is 0.245. The highest BCUT2D eigenvalue weighted by Gasteiger charge is 2.21. The van der Waals surface area contributed by atoms with Crippen molar-refractivity contribution < 1.29 is 9.84 Å². The molecule has 1 aliphatic rings. The Kier molecular flexibility index (Phi) is 5.37. The van der Waals surface area contributed by atoms with Crippen molar-refractivity contribution in [3.05, 3.63) is 35.4 Å². The Balaban J connectivity index is 1.89. The van der Waals surface area contributed by atoms with Gasteiger partial charge in [0.2, 0.25) is 0 Å². The molecule has 1 heterocycles. The third-order valence-corrected chi connectivity index (χ3v) is 3.62. The Morgan fingerprint density at radius 1 is 1.32 bits per heavy atom. The number of morpholine rings is 1. The van der Waals surface area contributed by atoms with Gasteiger partial charge in [-0.1, -0.05) is 37.6 Å². The van der Waals surface area contributed by atoms with Gasteiger partial charge in [-0.05, 0) is 30.9 Å². The monoisotopic (exact) mass is 263 g/mol. The third-order valence-electron chi connectivity index (χ3n) is 3.62. The molecule has 1 fully saturated rings. The van der Waals surface area contributed by atoms with Gasteiger partial charge in [0, 0.05) is 12.1 Å². The van der Waals surface area contributed by atoms with Crippen molar-refractivity contribution in [2.24, 2.45) is 0 Å². The van der Waals surface area contributed by atoms with Crippen LogP contribution >= 0.6 is 0 Å². The van der Waals surface area contributed by atoms with Gasteiger partial charge in [-0.15, -0.1) is 0 Å². The van der Waals surface area contributed by atoms with Crippen LogP contribution in [-0.2, 0) is 11.2 Å². The molecule has 3 atom stereocenters. The summed E-state index contributed by atoms with van der Waals surface area (Å²) in [5, 5.41) is 13.7. The summed E-state index contributed by atoms with van der Waals surface area (Å²) in [6, 6.07) is 8.95. The van der Waals surface area contributed by atoms with E-state index in [9.17, 15) is 5.11 Å². The molecule has 19 heavy (non-hydrogen) atoms. The van der Waals surface area contributed by atoms with Gasteiger partial charge in [0.05, 0.1) is 19.3 Å². The van der Waals surface area contributed by atoms with Crippen LogP contribution in [0.25, 0.3) is 0 Å². The van der Waals surface area contributed by atoms with Gasteiger partial charge in [0.25, 0.3) is 0 Å². The zero-order valence-electron chi connectivity index (χ0n) is 11.9. The molecule has 1 aromatic carbocycles. The number of aliphatic hydroxyl groups excluding tert-OH is 1. The molecule has 1 aromatic rings. The highest BCUT2D eigenvalue weighted by Crippen LogP contribution is 2.20. The molecule has 2 rings (SSSR count). The Morgan fingerprint density at radius 2 is 2.05 bits per heavy atom. The molecule has 106 valence electrons. The number of benzene rings is 1. The summed E-state index contributed by atoms with van der Waals surface area (Å²) in [6.07, 6.45) is 2.55. The first-order valence-electron chi connectivity index (χ1n) is 7.29. The van der Waals surface area contributed by atoms with Crippen molar-refractivity contribution in [1.29, 1.82) is 0 Å². The van der Waals surface area contributed by atoms with E-state index in [1.54, 1.807) is 0 Å². The van der Waals surface area contributed by atoms with E-state index in [2.05, 4.69) is 31.3 Å². The average molecular weight is 263 g/mol. The highest BCUT2D eigenvalue weighted by molar-refractivity contribution is 5.24. The van der Waals surface area contributed by atoms with Crippen LogP contribution in [0.1, 0.15) is 43.9 Å². The molecule has 0 saturated carbocycles. The second-order valence-corrected chi connectivity index (χ2v) is 5.55. The number of ether oxygens (including phenoxy) is 1. The average Bonchev–Trinajstić information content (AvgIpc) is 2.40. The predicted octanol–water partition coefficient (Wildman–Crippen LogP) is 2.44. The summed E-state index contributed by atoms with van der Waals surface area (Å²) < 4.78 is 5.51. The van der Waals surface area contributed by atoms with E-state index in [1.807, 2.05) is 12.1 Å². The topological polar surface area (TPSA) is 41.5 Å². The Hall–Kier alpha value is -0.900. The molecule has 0 aromatic heterocycles. The Morgan fingerprint density at radius 3 is 2.68 bits per heavy atom. The summed E-state index contributed by atoms with van der Waals surface area (Å²) >= 11 is 0. The van der Waals surface area contributed by atoms with Gasteiger partial charge < -0.3 is 15.2 Å². The van der Waals surface area contributed by atoms with Crippen LogP contribution in [0.5, 0.6) is 0 Å². The van der Waals surface area contributed by atoms with Gasteiger partial charge in [0.1, 0.15) is 0 Å². The van der Waals surface area contributed by atoms with Crippen molar-refractivity contribution in [3.8, 4) is 0 Å². The minimum atomic E-state index is -0.415. The van der Waals surface area contributed by atoms with Crippen LogP contribution in [0.3, 0.4) is 0 Å². The van der Waals surface area contributed by atoms with Crippen LogP contribution < -0.4 is 5.32 Å². The molecule has 3 unspecified atom stereocenters. The summed E-state index contributed by atoms with van der Waals surface area (Å²) in [7, 11) is 0. The molecule has 1 saturated heterocycles. The van der Waals surface area contributed by atoms with Gasteiger partial charge in [-0.2, -0.15) is 0 Å². The number of hydrogen-bond acceptors (Lipinski definition) is 3. The molecule has 0 radical (unpaired) electrons. The van der Waals surface area contributed by atoms with Crippen molar-refractivity contribution >= 4 is 0 Å². The molecule has 2 N–H and O–H groups in total. The number of hydrogen-bond donors (Lipinski definition) is 2. The van der Waals surface area contributed by atoms with E-state index in [4.69, 9.17) is 4.74 Å². The summed E-state index contributed by atoms with van der Waals surface area (Å²) in [5.41, 5.74) is 2.34. The molecule has 0 amide bonds. The lowest BCUT2D eigenvalue weighted by Gasteiger charge is -2.30. The fourth-order valence-corrected chi connectivity index (χ4v) is 2.62. The largest absolute Gasteiger partial charge is 0.388 e. The lowest BCUT2D eigenvalue weighted by atomic mass is 9.99. The molecule has 1 aliphatic heterocycles. The Bertz CT molecular complexity index is 377. The first-order valence-corrected chi connectivity index (χ1v) is 7.29. The van der Waals surface area contributed by atoms with Gasteiger partial charge in [-0.3, -0.25) is 0 Å². The SMILES string of the molecule is CCCc1ccc(C(O)CC2COCC(C)N2)cc1. The van der Waals surface area contributed by atoms with Crippen molar-refractivity contribution in [2.75, 3.05) is 13.2 Å². The van der Waals surface area contributed by atoms with Gasteiger partial charge in [-0.25, -0.2) is 0 Å². The van der Waals surface area contributed by atoms with E-state index in [1.165, 1.54) is 5.56 Å². The highest BCUT2D eigenvalue weighted by atomic mass is 16.5. The molecule has 0 aliphatic carbocycles. The minimum Gasteiger partial charge on any atom is -0.388 e. The zero-order chi connectivity index (χ0) is 13.7. The second kappa shape index (κ2) is 7.04. The molecular weight excluding hydrogens is 238 g/mol. The second-order valence-electron chi connectivity index (χ2n) is 5.55. The van der Waals surface area contributed by atoms with E-state index in [0.717, 1.165) is 25.0 Å². The standard InChI is InChI=1S/C16H25NO2/c1-3-4-13-5-7-14(8-6-13)16(18)9-15-11-19-10-12(2)17-15/h5-8,12,15-18H,3-4,9-11H2,1-2H3. The fourth-order valence-electron chi connectivity index (χ4n) is 2.62. The number of rotatable bonds is 5. The number of aryl methyl sites for hydroxylation is 1. The fraction of sp³-hybridized carbons (Fsp3) is 0.625. The van der Waals surface area contributed by atoms with E-state index >= 15 is 0 Å². The first kappa shape index (κ1) is 14.5. The van der Waals surface area contributed by atoms with Crippen LogP contribution in [-0.4, -0.2) is 30.4 Å². The summed E-state index contributed by atoms with van der Waals surface area (Å²) in [4.78, 5) is 0. The zero-order valence-corrected chi connectivity index (χ0v) is 11.9. The molecule has 0 spiro atoms. The number of aliphatic hydroxyl groups is 1.